The van der Waals surface area contributed by atoms with Gasteiger partial charge in [-0.2, -0.15) is 0 Å². The molecule has 28 heavy (non-hydrogen) atoms. The van der Waals surface area contributed by atoms with Crippen molar-refractivity contribution in [1.29, 1.82) is 0 Å². The molecule has 0 bridgehead atoms. The maximum Gasteiger partial charge on any atom is 0.227 e. The minimum Gasteiger partial charge on any atom is -0.497 e. The van der Waals surface area contributed by atoms with E-state index in [1.807, 2.05) is 0 Å². The second-order valence-electron chi connectivity index (χ2n) is 7.65. The number of methoxy groups -OCH3 is 1. The summed E-state index contributed by atoms with van der Waals surface area (Å²) in [6.45, 7) is 1.84. The van der Waals surface area contributed by atoms with Crippen LogP contribution < -0.4 is 4.74 Å². The first kappa shape index (κ1) is 20.8. The first-order valence-corrected chi connectivity index (χ1v) is 11.6. The number of hydrogen-bond acceptors (Lipinski definition) is 5. The lowest BCUT2D eigenvalue weighted by Gasteiger charge is -2.36. The molecule has 2 aliphatic heterocycles. The minimum absolute atomic E-state index is 0.0173. The van der Waals surface area contributed by atoms with Crippen molar-refractivity contribution in [3.05, 3.63) is 29.8 Å². The molecule has 0 spiro atoms. The van der Waals surface area contributed by atoms with Gasteiger partial charge in [-0.15, -0.1) is 0 Å². The molecule has 1 amide bonds. The third-order valence-electron chi connectivity index (χ3n) is 5.75. The quantitative estimate of drug-likeness (QED) is 0.694. The molecule has 0 N–H and O–H groups in total. The van der Waals surface area contributed by atoms with Crippen LogP contribution in [-0.2, 0) is 14.8 Å². The normalized spacial score (nSPS) is 22.1. The fraction of sp³-hybridized carbons (Fsp3) is 0.600. The zero-order valence-electron chi connectivity index (χ0n) is 16.5. The van der Waals surface area contributed by atoms with Crippen molar-refractivity contribution in [2.75, 3.05) is 39.5 Å². The van der Waals surface area contributed by atoms with Crippen LogP contribution in [0.1, 0.15) is 36.0 Å². The summed E-state index contributed by atoms with van der Waals surface area (Å²) in [7, 11) is -1.68. The fourth-order valence-corrected chi connectivity index (χ4v) is 4.97. The number of carbonyl (C=O) groups excluding carboxylic acids is 2. The summed E-state index contributed by atoms with van der Waals surface area (Å²) in [6.07, 6.45) is 3.89. The Kier molecular flexibility index (Phi) is 6.40. The summed E-state index contributed by atoms with van der Waals surface area (Å²) in [4.78, 5) is 27.4. The molecule has 1 atom stereocenters. The lowest BCUT2D eigenvalue weighted by atomic mass is 9.88. The van der Waals surface area contributed by atoms with Gasteiger partial charge < -0.3 is 9.64 Å². The molecule has 0 radical (unpaired) electrons. The van der Waals surface area contributed by atoms with Gasteiger partial charge in [0.2, 0.25) is 15.9 Å². The molecule has 2 aliphatic rings. The largest absolute Gasteiger partial charge is 0.497 e. The zero-order chi connectivity index (χ0) is 20.3. The molecule has 8 heteroatoms. The van der Waals surface area contributed by atoms with Crippen LogP contribution in [0.3, 0.4) is 0 Å². The van der Waals surface area contributed by atoms with Crippen molar-refractivity contribution < 1.29 is 22.7 Å². The number of piperidine rings is 2. The van der Waals surface area contributed by atoms with Crippen LogP contribution in [0, 0.1) is 11.8 Å². The summed E-state index contributed by atoms with van der Waals surface area (Å²) >= 11 is 0. The van der Waals surface area contributed by atoms with E-state index >= 15 is 0 Å². The van der Waals surface area contributed by atoms with Crippen LogP contribution in [0.4, 0.5) is 0 Å². The molecule has 1 unspecified atom stereocenters. The molecule has 2 saturated heterocycles. The Hall–Kier alpha value is -1.93. The van der Waals surface area contributed by atoms with Gasteiger partial charge >= 0.3 is 0 Å². The van der Waals surface area contributed by atoms with E-state index in [1.54, 1.807) is 36.3 Å². The van der Waals surface area contributed by atoms with Crippen molar-refractivity contribution >= 4 is 21.7 Å². The van der Waals surface area contributed by atoms with Crippen LogP contribution in [0.2, 0.25) is 0 Å². The number of nitrogens with zero attached hydrogens (tertiary/aromatic N) is 2. The molecular formula is C20H28N2O5S. The third-order valence-corrected chi connectivity index (χ3v) is 7.02. The van der Waals surface area contributed by atoms with Crippen molar-refractivity contribution in [2.24, 2.45) is 11.8 Å². The second kappa shape index (κ2) is 8.61. The van der Waals surface area contributed by atoms with Crippen LogP contribution in [0.5, 0.6) is 5.75 Å². The molecule has 2 fully saturated rings. The first-order chi connectivity index (χ1) is 13.3. The predicted octanol–water partition coefficient (Wildman–Crippen LogP) is 1.79. The van der Waals surface area contributed by atoms with Gasteiger partial charge in [0.25, 0.3) is 0 Å². The van der Waals surface area contributed by atoms with Crippen molar-refractivity contribution in [3.63, 3.8) is 0 Å². The lowest BCUT2D eigenvalue weighted by molar-refractivity contribution is -0.138. The lowest BCUT2D eigenvalue weighted by Crippen LogP contribution is -2.48. The number of sulfonamides is 1. The van der Waals surface area contributed by atoms with E-state index in [0.29, 0.717) is 50.2 Å². The molecule has 2 heterocycles. The zero-order valence-corrected chi connectivity index (χ0v) is 17.3. The van der Waals surface area contributed by atoms with E-state index in [-0.39, 0.29) is 30.1 Å². The Morgan fingerprint density at radius 2 is 1.64 bits per heavy atom. The molecule has 0 aromatic heterocycles. The number of hydrogen-bond donors (Lipinski definition) is 0. The topological polar surface area (TPSA) is 84.0 Å². The number of rotatable bonds is 5. The van der Waals surface area contributed by atoms with Gasteiger partial charge in [0.05, 0.1) is 19.3 Å². The summed E-state index contributed by atoms with van der Waals surface area (Å²) in [5.41, 5.74) is 0.668. The third kappa shape index (κ3) is 4.72. The highest BCUT2D eigenvalue weighted by Crippen LogP contribution is 2.26. The number of Topliss-reactive ketones (excluding diaryl/α,β-unsaturated/α-hetero) is 1. The standard InChI is InChI=1S/C20H28N2O5S/c1-27-18-7-5-15(6-8-18)19(23)16-9-12-21(13-10-16)20(24)17-4-3-11-22(14-17)28(2,25)26/h5-8,16-17H,3-4,9-14H2,1-2H3. The van der Waals surface area contributed by atoms with E-state index < -0.39 is 10.0 Å². The highest BCUT2D eigenvalue weighted by molar-refractivity contribution is 7.88. The molecule has 7 nitrogen and oxygen atoms in total. The smallest absolute Gasteiger partial charge is 0.227 e. The Bertz CT molecular complexity index is 814. The van der Waals surface area contributed by atoms with Gasteiger partial charge in [-0.25, -0.2) is 12.7 Å². The number of ether oxygens (including phenoxy) is 1. The number of likely N-dealkylation sites (tertiary alicyclic amines) is 1. The molecule has 0 saturated carbocycles. The van der Waals surface area contributed by atoms with Crippen LogP contribution >= 0.6 is 0 Å². The predicted molar refractivity (Wildman–Crippen MR) is 106 cm³/mol. The average Bonchev–Trinajstić information content (AvgIpc) is 2.72. The molecule has 1 aromatic rings. The maximum absolute atomic E-state index is 12.8. The van der Waals surface area contributed by atoms with Gasteiger partial charge in [0, 0.05) is 37.7 Å². The minimum atomic E-state index is -3.27. The second-order valence-corrected chi connectivity index (χ2v) is 9.63. The Balaban J connectivity index is 1.55. The van der Waals surface area contributed by atoms with Crippen LogP contribution in [0.25, 0.3) is 0 Å². The Morgan fingerprint density at radius 3 is 2.21 bits per heavy atom. The van der Waals surface area contributed by atoms with Crippen molar-refractivity contribution in [2.45, 2.75) is 25.7 Å². The summed E-state index contributed by atoms with van der Waals surface area (Å²) in [5, 5.41) is 0. The van der Waals surface area contributed by atoms with Crippen molar-refractivity contribution in [1.82, 2.24) is 9.21 Å². The average molecular weight is 409 g/mol. The molecular weight excluding hydrogens is 380 g/mol. The number of ketones is 1. The first-order valence-electron chi connectivity index (χ1n) is 9.72. The van der Waals surface area contributed by atoms with E-state index in [0.717, 1.165) is 6.42 Å². The molecule has 3 rings (SSSR count). The summed E-state index contributed by atoms with van der Waals surface area (Å²) < 4.78 is 30.1. The van der Waals surface area contributed by atoms with E-state index in [4.69, 9.17) is 4.74 Å². The van der Waals surface area contributed by atoms with E-state index in [9.17, 15) is 18.0 Å². The molecule has 1 aromatic carbocycles. The number of amides is 1. The number of carbonyl (C=O) groups is 2. The van der Waals surface area contributed by atoms with Crippen LogP contribution in [0.15, 0.2) is 24.3 Å². The highest BCUT2D eigenvalue weighted by atomic mass is 32.2. The SMILES string of the molecule is COc1ccc(C(=O)C2CCN(C(=O)C3CCCN(S(C)(=O)=O)C3)CC2)cc1. The molecule has 0 aliphatic carbocycles. The fourth-order valence-electron chi connectivity index (χ4n) is 4.06. The monoisotopic (exact) mass is 408 g/mol. The van der Waals surface area contributed by atoms with Gasteiger partial charge in [-0.1, -0.05) is 0 Å². The summed E-state index contributed by atoms with van der Waals surface area (Å²) in [6, 6.07) is 7.12. The van der Waals surface area contributed by atoms with E-state index in [1.165, 1.54) is 10.6 Å². The number of benzene rings is 1. The maximum atomic E-state index is 12.8. The van der Waals surface area contributed by atoms with Gasteiger partial charge in [0.15, 0.2) is 5.78 Å². The van der Waals surface area contributed by atoms with Gasteiger partial charge in [0.1, 0.15) is 5.75 Å². The molecule has 154 valence electrons. The van der Waals surface area contributed by atoms with Gasteiger partial charge in [-0.05, 0) is 49.9 Å². The Labute approximate surface area is 166 Å². The van der Waals surface area contributed by atoms with E-state index in [2.05, 4.69) is 0 Å². The van der Waals surface area contributed by atoms with Crippen molar-refractivity contribution in [3.8, 4) is 5.75 Å². The van der Waals surface area contributed by atoms with Gasteiger partial charge in [-0.3, -0.25) is 9.59 Å². The highest BCUT2D eigenvalue weighted by Gasteiger charge is 2.35. The van der Waals surface area contributed by atoms with Crippen LogP contribution in [-0.4, -0.2) is 68.9 Å². The Morgan fingerprint density at radius 1 is 1.00 bits per heavy atom. The summed E-state index contributed by atoms with van der Waals surface area (Å²) in [5.74, 6) is 0.473.